The van der Waals surface area contributed by atoms with Crippen LogP contribution in [0.5, 0.6) is 0 Å². The number of sulfonamides is 1. The van der Waals surface area contributed by atoms with E-state index in [1.165, 1.54) is 30.7 Å². The first kappa shape index (κ1) is 30.5. The molecule has 12 heteroatoms. The van der Waals surface area contributed by atoms with Gasteiger partial charge in [0.1, 0.15) is 24.4 Å². The van der Waals surface area contributed by atoms with Crippen LogP contribution in [0.4, 0.5) is 4.79 Å². The van der Waals surface area contributed by atoms with E-state index in [9.17, 15) is 13.2 Å². The van der Waals surface area contributed by atoms with Crippen LogP contribution in [0, 0.1) is 0 Å². The number of hydrogen-bond acceptors (Lipinski definition) is 9. The van der Waals surface area contributed by atoms with Gasteiger partial charge in [-0.2, -0.15) is 0 Å². The van der Waals surface area contributed by atoms with Crippen LogP contribution >= 0.6 is 11.6 Å². The van der Waals surface area contributed by atoms with E-state index in [0.29, 0.717) is 18.2 Å². The highest BCUT2D eigenvalue weighted by Gasteiger charge is 2.58. The monoisotopic (exact) mass is 588 g/mol. The number of ether oxygens (including phenoxy) is 5. The van der Waals surface area contributed by atoms with Gasteiger partial charge in [-0.3, -0.25) is 4.90 Å². The lowest BCUT2D eigenvalue weighted by atomic mass is 10.0. The summed E-state index contributed by atoms with van der Waals surface area (Å²) in [5.74, 6) is -0.835. The smallest absolute Gasteiger partial charge is 0.421 e. The lowest BCUT2D eigenvalue weighted by Crippen LogP contribution is -2.50. The maximum Gasteiger partial charge on any atom is 0.421 e. The Morgan fingerprint density at radius 3 is 2.51 bits per heavy atom. The molecule has 5 atom stereocenters. The number of unbranched alkanes of at least 4 members (excludes halogenated alkanes) is 4. The van der Waals surface area contributed by atoms with Gasteiger partial charge in [0, 0.05) is 18.2 Å². The quantitative estimate of drug-likeness (QED) is 0.334. The van der Waals surface area contributed by atoms with E-state index < -0.39 is 52.6 Å². The van der Waals surface area contributed by atoms with Crippen LogP contribution in [0.2, 0.25) is 5.02 Å². The third-order valence-electron chi connectivity index (χ3n) is 7.19. The van der Waals surface area contributed by atoms with Crippen LogP contribution in [0.1, 0.15) is 65.7 Å². The second-order valence-electron chi connectivity index (χ2n) is 10.8. The highest BCUT2D eigenvalue weighted by molar-refractivity contribution is 7.90. The summed E-state index contributed by atoms with van der Waals surface area (Å²) in [6, 6.07) is 5.52. The van der Waals surface area contributed by atoms with Gasteiger partial charge in [-0.1, -0.05) is 44.2 Å². The Hall–Kier alpha value is -1.47. The van der Waals surface area contributed by atoms with E-state index in [2.05, 4.69) is 11.8 Å². The van der Waals surface area contributed by atoms with Crippen molar-refractivity contribution in [1.29, 1.82) is 0 Å². The van der Waals surface area contributed by atoms with Crippen LogP contribution in [0.3, 0.4) is 0 Å². The number of benzene rings is 1. The first-order chi connectivity index (χ1) is 18.6. The van der Waals surface area contributed by atoms with E-state index in [1.54, 1.807) is 0 Å². The normalized spacial score (nSPS) is 27.4. The SMILES string of the molecule is CCCCCCCO[C@@H]1[C@H]2OC(C)(C)O[C@H]2O[C@@H]1[C@@H](CN1CCCC1)OC(=O)NS(=O)(=O)c1ccc(Cl)cc1. The number of nitrogens with zero attached hydrogens (tertiary/aromatic N) is 1. The summed E-state index contributed by atoms with van der Waals surface area (Å²) < 4.78 is 58.0. The molecule has 10 nitrogen and oxygen atoms in total. The standard InChI is InChI=1S/C27H41ClN2O8S/c1-4-5-6-7-10-17-34-23-22(36-25-24(23)37-27(2,3)38-25)21(18-30-15-8-9-16-30)35-26(31)29-39(32,33)20-13-11-19(28)12-14-20/h11-14,21-25H,4-10,15-18H2,1-3H3,(H,29,31)/t21-,22-,23+,24-,25-/m1/s1. The first-order valence-corrected chi connectivity index (χ1v) is 15.8. The molecule has 0 saturated carbocycles. The minimum atomic E-state index is -4.16. The lowest BCUT2D eigenvalue weighted by Gasteiger charge is -2.32. The fourth-order valence-corrected chi connectivity index (χ4v) is 6.30. The zero-order chi connectivity index (χ0) is 28.0. The maximum absolute atomic E-state index is 12.9. The van der Waals surface area contributed by atoms with Gasteiger partial charge in [0.2, 0.25) is 0 Å². The molecule has 1 aromatic carbocycles. The van der Waals surface area contributed by atoms with Crippen molar-refractivity contribution in [3.8, 4) is 0 Å². The molecule has 4 rings (SSSR count). The number of carbonyl (C=O) groups excluding carboxylic acids is 1. The third-order valence-corrected chi connectivity index (χ3v) is 8.77. The van der Waals surface area contributed by atoms with E-state index >= 15 is 0 Å². The second kappa shape index (κ2) is 13.5. The average molecular weight is 589 g/mol. The summed E-state index contributed by atoms with van der Waals surface area (Å²) in [5, 5.41) is 0.384. The summed E-state index contributed by atoms with van der Waals surface area (Å²) >= 11 is 5.87. The number of hydrogen-bond donors (Lipinski definition) is 1. The van der Waals surface area contributed by atoms with Crippen LogP contribution in [0.15, 0.2) is 29.2 Å². The Kier molecular flexibility index (Phi) is 10.5. The summed E-state index contributed by atoms with van der Waals surface area (Å²) in [5.41, 5.74) is 0. The Bertz CT molecular complexity index is 1050. The molecule has 1 amide bonds. The molecule has 0 radical (unpaired) electrons. The second-order valence-corrected chi connectivity index (χ2v) is 12.9. The predicted molar refractivity (Wildman–Crippen MR) is 145 cm³/mol. The van der Waals surface area contributed by atoms with E-state index in [1.807, 2.05) is 18.6 Å². The summed E-state index contributed by atoms with van der Waals surface area (Å²) in [4.78, 5) is 15.0. The predicted octanol–water partition coefficient (Wildman–Crippen LogP) is 4.45. The fraction of sp³-hybridized carbons (Fsp3) is 0.741. The molecule has 0 unspecified atom stereocenters. The number of halogens is 1. The first-order valence-electron chi connectivity index (χ1n) is 13.9. The number of nitrogens with one attached hydrogen (secondary N) is 1. The molecular weight excluding hydrogens is 548 g/mol. The van der Waals surface area contributed by atoms with Crippen molar-refractivity contribution in [2.75, 3.05) is 26.2 Å². The van der Waals surface area contributed by atoms with Gasteiger partial charge in [-0.15, -0.1) is 0 Å². The van der Waals surface area contributed by atoms with Gasteiger partial charge in [-0.05, 0) is 70.5 Å². The van der Waals surface area contributed by atoms with Crippen molar-refractivity contribution in [1.82, 2.24) is 9.62 Å². The van der Waals surface area contributed by atoms with Crippen molar-refractivity contribution in [3.05, 3.63) is 29.3 Å². The van der Waals surface area contributed by atoms with Crippen molar-refractivity contribution in [3.63, 3.8) is 0 Å². The summed E-state index contributed by atoms with van der Waals surface area (Å²) in [6.07, 6.45) is 3.21. The molecule has 0 aliphatic carbocycles. The molecule has 3 heterocycles. The van der Waals surface area contributed by atoms with E-state index in [-0.39, 0.29) is 4.90 Å². The van der Waals surface area contributed by atoms with Crippen LogP contribution in [-0.2, 0) is 33.7 Å². The molecule has 1 aromatic rings. The molecule has 0 bridgehead atoms. The minimum Gasteiger partial charge on any atom is -0.441 e. The molecule has 220 valence electrons. The Balaban J connectivity index is 1.47. The van der Waals surface area contributed by atoms with Gasteiger partial charge in [0.15, 0.2) is 12.1 Å². The topological polar surface area (TPSA) is 113 Å². The van der Waals surface area contributed by atoms with E-state index in [4.69, 9.17) is 35.3 Å². The fourth-order valence-electron chi connectivity index (χ4n) is 5.29. The maximum atomic E-state index is 12.9. The Morgan fingerprint density at radius 1 is 1.13 bits per heavy atom. The molecule has 0 spiro atoms. The number of carbonyl (C=O) groups is 1. The van der Waals surface area contributed by atoms with E-state index in [0.717, 1.165) is 51.6 Å². The average Bonchev–Trinajstić information content (AvgIpc) is 3.56. The molecule has 3 aliphatic rings. The van der Waals surface area contributed by atoms with Crippen molar-refractivity contribution in [2.24, 2.45) is 0 Å². The number of likely N-dealkylation sites (tertiary alicyclic amines) is 1. The largest absolute Gasteiger partial charge is 0.441 e. The molecule has 3 aliphatic heterocycles. The lowest BCUT2D eigenvalue weighted by molar-refractivity contribution is -0.230. The number of rotatable bonds is 13. The van der Waals surface area contributed by atoms with Gasteiger partial charge >= 0.3 is 6.09 Å². The molecule has 1 N–H and O–H groups in total. The third kappa shape index (κ3) is 8.28. The molecule has 3 fully saturated rings. The van der Waals surface area contributed by atoms with Crippen molar-refractivity contribution < 1.29 is 36.9 Å². The zero-order valence-corrected chi connectivity index (χ0v) is 24.5. The van der Waals surface area contributed by atoms with Gasteiger partial charge in [0.05, 0.1) is 4.90 Å². The minimum absolute atomic E-state index is 0.0973. The zero-order valence-electron chi connectivity index (χ0n) is 23.0. The van der Waals surface area contributed by atoms with Crippen molar-refractivity contribution in [2.45, 2.75) is 107 Å². The van der Waals surface area contributed by atoms with Gasteiger partial charge in [0.25, 0.3) is 10.0 Å². The molecule has 3 saturated heterocycles. The highest BCUT2D eigenvalue weighted by Crippen LogP contribution is 2.40. The van der Waals surface area contributed by atoms with Crippen LogP contribution in [-0.4, -0.2) is 82.1 Å². The van der Waals surface area contributed by atoms with Crippen LogP contribution in [0.25, 0.3) is 0 Å². The molecular formula is C27H41ClN2O8S. The number of amides is 1. The summed E-state index contributed by atoms with van der Waals surface area (Å²) in [7, 11) is -4.16. The van der Waals surface area contributed by atoms with Crippen molar-refractivity contribution >= 4 is 27.7 Å². The number of fused-ring (bicyclic) bond motifs is 1. The van der Waals surface area contributed by atoms with Crippen LogP contribution < -0.4 is 4.72 Å². The summed E-state index contributed by atoms with van der Waals surface area (Å²) in [6.45, 7) is 8.40. The van der Waals surface area contributed by atoms with Gasteiger partial charge < -0.3 is 23.7 Å². The molecule has 39 heavy (non-hydrogen) atoms. The Morgan fingerprint density at radius 2 is 1.82 bits per heavy atom. The highest BCUT2D eigenvalue weighted by atomic mass is 35.5. The Labute approximate surface area is 236 Å². The molecule has 0 aromatic heterocycles. The van der Waals surface area contributed by atoms with Gasteiger partial charge in [-0.25, -0.2) is 17.9 Å².